The molecule has 0 radical (unpaired) electrons. The zero-order chi connectivity index (χ0) is 15.6. The number of hydrogen-bond donors (Lipinski definition) is 1. The number of aliphatic hydroxyl groups excluding tert-OH is 1. The maximum absolute atomic E-state index is 10.0. The lowest BCUT2D eigenvalue weighted by Crippen LogP contribution is -2.61. The van der Waals surface area contributed by atoms with E-state index in [-0.39, 0.29) is 5.41 Å². The second-order valence-electron chi connectivity index (χ2n) is 7.23. The lowest BCUT2D eigenvalue weighted by Gasteiger charge is -2.53. The minimum atomic E-state index is 0.147. The van der Waals surface area contributed by atoms with Gasteiger partial charge in [0.15, 0.2) is 0 Å². The maximum atomic E-state index is 10.0. The molecular weight excluding hydrogens is 272 g/mol. The van der Waals surface area contributed by atoms with Crippen LogP contribution in [0.4, 0.5) is 0 Å². The molecule has 122 valence electrons. The Kier molecular flexibility index (Phi) is 4.86. The first-order valence-electron chi connectivity index (χ1n) is 8.79. The van der Waals surface area contributed by atoms with Gasteiger partial charge in [-0.3, -0.25) is 4.90 Å². The first-order valence-corrected chi connectivity index (χ1v) is 8.79. The van der Waals surface area contributed by atoms with Crippen molar-refractivity contribution in [2.24, 2.45) is 5.41 Å². The molecule has 0 saturated carbocycles. The van der Waals surface area contributed by atoms with E-state index in [1.54, 1.807) is 0 Å². The van der Waals surface area contributed by atoms with Crippen molar-refractivity contribution in [3.8, 4) is 0 Å². The smallest absolute Gasteiger partial charge is 0.0503 e. The van der Waals surface area contributed by atoms with Gasteiger partial charge in [0.2, 0.25) is 0 Å². The van der Waals surface area contributed by atoms with Crippen LogP contribution in [0.15, 0.2) is 24.3 Å². The van der Waals surface area contributed by atoms with Crippen LogP contribution < -0.4 is 0 Å². The highest BCUT2D eigenvalue weighted by Crippen LogP contribution is 2.41. The summed E-state index contributed by atoms with van der Waals surface area (Å²) in [7, 11) is 2.23. The van der Waals surface area contributed by atoms with Crippen molar-refractivity contribution >= 4 is 0 Å². The SMILES string of the molecule is CCc1ccccc1CN1CC[C@@]2(CO)CCCN(C)[C@@H]2C1. The lowest BCUT2D eigenvalue weighted by molar-refractivity contribution is -0.0685. The highest BCUT2D eigenvalue weighted by molar-refractivity contribution is 5.27. The second kappa shape index (κ2) is 6.69. The molecule has 2 aliphatic rings. The summed E-state index contributed by atoms with van der Waals surface area (Å²) in [5.41, 5.74) is 3.09. The van der Waals surface area contributed by atoms with Crippen molar-refractivity contribution in [2.75, 3.05) is 33.3 Å². The highest BCUT2D eigenvalue weighted by atomic mass is 16.3. The van der Waals surface area contributed by atoms with Crippen molar-refractivity contribution in [2.45, 2.75) is 45.2 Å². The molecule has 2 atom stereocenters. The van der Waals surface area contributed by atoms with Gasteiger partial charge in [-0.15, -0.1) is 0 Å². The molecule has 3 rings (SSSR count). The third-order valence-corrected chi connectivity index (χ3v) is 5.99. The molecule has 22 heavy (non-hydrogen) atoms. The average molecular weight is 302 g/mol. The first kappa shape index (κ1) is 16.0. The molecule has 0 amide bonds. The molecular formula is C19H30N2O. The Bertz CT molecular complexity index is 504. The minimum Gasteiger partial charge on any atom is -0.396 e. The molecule has 1 N–H and O–H groups in total. The van der Waals surface area contributed by atoms with E-state index in [1.165, 1.54) is 30.5 Å². The van der Waals surface area contributed by atoms with Gasteiger partial charge < -0.3 is 10.0 Å². The number of likely N-dealkylation sites (N-methyl/N-ethyl adjacent to an activating group) is 1. The Balaban J connectivity index is 1.73. The number of aliphatic hydroxyl groups is 1. The fourth-order valence-corrected chi connectivity index (χ4v) is 4.52. The van der Waals surface area contributed by atoms with Gasteiger partial charge in [-0.1, -0.05) is 31.2 Å². The molecule has 3 nitrogen and oxygen atoms in total. The molecule has 2 aliphatic heterocycles. The highest BCUT2D eigenvalue weighted by Gasteiger charge is 2.46. The quantitative estimate of drug-likeness (QED) is 0.926. The monoisotopic (exact) mass is 302 g/mol. The van der Waals surface area contributed by atoms with Crippen molar-refractivity contribution in [3.63, 3.8) is 0 Å². The van der Waals surface area contributed by atoms with Crippen LogP contribution in [-0.2, 0) is 13.0 Å². The van der Waals surface area contributed by atoms with E-state index in [0.717, 1.165) is 32.5 Å². The Hall–Kier alpha value is -0.900. The fourth-order valence-electron chi connectivity index (χ4n) is 4.52. The van der Waals surface area contributed by atoms with Crippen LogP contribution in [0.2, 0.25) is 0 Å². The summed E-state index contributed by atoms with van der Waals surface area (Å²) in [6.07, 6.45) is 4.66. The van der Waals surface area contributed by atoms with Gasteiger partial charge in [0.25, 0.3) is 0 Å². The normalized spacial score (nSPS) is 30.2. The van der Waals surface area contributed by atoms with Crippen LogP contribution in [0.25, 0.3) is 0 Å². The van der Waals surface area contributed by atoms with E-state index in [4.69, 9.17) is 0 Å². The van der Waals surface area contributed by atoms with Gasteiger partial charge in [-0.25, -0.2) is 0 Å². The number of piperidine rings is 2. The number of hydrogen-bond acceptors (Lipinski definition) is 3. The van der Waals surface area contributed by atoms with Crippen molar-refractivity contribution in [1.29, 1.82) is 0 Å². The van der Waals surface area contributed by atoms with Gasteiger partial charge in [0.1, 0.15) is 0 Å². The number of rotatable bonds is 4. The first-order chi connectivity index (χ1) is 10.7. The average Bonchev–Trinajstić information content (AvgIpc) is 2.56. The Morgan fingerprint density at radius 3 is 2.68 bits per heavy atom. The molecule has 2 heterocycles. The predicted molar refractivity (Wildman–Crippen MR) is 90.9 cm³/mol. The summed E-state index contributed by atoms with van der Waals surface area (Å²) in [6.45, 7) is 7.02. The molecule has 2 saturated heterocycles. The number of aryl methyl sites for hydroxylation is 1. The Morgan fingerprint density at radius 1 is 1.18 bits per heavy atom. The molecule has 0 unspecified atom stereocenters. The Labute approximate surface area is 134 Å². The number of likely N-dealkylation sites (tertiary alicyclic amines) is 2. The summed E-state index contributed by atoms with van der Waals surface area (Å²) in [6, 6.07) is 9.34. The number of nitrogens with zero attached hydrogens (tertiary/aromatic N) is 2. The minimum absolute atomic E-state index is 0.147. The summed E-state index contributed by atoms with van der Waals surface area (Å²) in [5.74, 6) is 0. The van der Waals surface area contributed by atoms with E-state index in [1.807, 2.05) is 0 Å². The molecule has 2 fully saturated rings. The van der Waals surface area contributed by atoms with E-state index < -0.39 is 0 Å². The third kappa shape index (κ3) is 2.94. The largest absolute Gasteiger partial charge is 0.396 e. The van der Waals surface area contributed by atoms with Crippen LogP contribution in [0.5, 0.6) is 0 Å². The zero-order valence-corrected chi connectivity index (χ0v) is 14.1. The van der Waals surface area contributed by atoms with Crippen LogP contribution in [0.1, 0.15) is 37.3 Å². The number of fused-ring (bicyclic) bond motifs is 1. The molecule has 0 aliphatic carbocycles. The molecule has 0 spiro atoms. The summed E-state index contributed by atoms with van der Waals surface area (Å²) < 4.78 is 0. The van der Waals surface area contributed by atoms with E-state index in [0.29, 0.717) is 12.6 Å². The molecule has 1 aromatic carbocycles. The zero-order valence-electron chi connectivity index (χ0n) is 14.1. The molecule has 0 aromatic heterocycles. The molecule has 3 heteroatoms. The topological polar surface area (TPSA) is 26.7 Å². The van der Waals surface area contributed by atoms with Crippen molar-refractivity contribution in [3.05, 3.63) is 35.4 Å². The standard InChI is InChI=1S/C19H30N2O/c1-3-16-7-4-5-8-17(16)13-21-12-10-19(15-22)9-6-11-20(2)18(19)14-21/h4-5,7-8,18,22H,3,6,9-15H2,1-2H3/t18-,19-/m1/s1. The Morgan fingerprint density at radius 2 is 1.95 bits per heavy atom. The second-order valence-corrected chi connectivity index (χ2v) is 7.23. The third-order valence-electron chi connectivity index (χ3n) is 5.99. The summed E-state index contributed by atoms with van der Waals surface area (Å²) in [4.78, 5) is 5.08. The summed E-state index contributed by atoms with van der Waals surface area (Å²) >= 11 is 0. The van der Waals surface area contributed by atoms with Gasteiger partial charge >= 0.3 is 0 Å². The fraction of sp³-hybridized carbons (Fsp3) is 0.684. The molecule has 0 bridgehead atoms. The lowest BCUT2D eigenvalue weighted by atomic mass is 9.69. The molecule has 1 aromatic rings. The van der Waals surface area contributed by atoms with Crippen molar-refractivity contribution < 1.29 is 5.11 Å². The van der Waals surface area contributed by atoms with E-state index in [2.05, 4.69) is 48.0 Å². The summed E-state index contributed by atoms with van der Waals surface area (Å²) in [5, 5.41) is 10.0. The van der Waals surface area contributed by atoms with Gasteiger partial charge in [0, 0.05) is 24.5 Å². The van der Waals surface area contributed by atoms with Gasteiger partial charge in [-0.05, 0) is 56.9 Å². The van der Waals surface area contributed by atoms with Gasteiger partial charge in [-0.2, -0.15) is 0 Å². The van der Waals surface area contributed by atoms with Crippen molar-refractivity contribution in [1.82, 2.24) is 9.80 Å². The van der Waals surface area contributed by atoms with Crippen LogP contribution >= 0.6 is 0 Å². The number of benzene rings is 1. The van der Waals surface area contributed by atoms with Crippen LogP contribution in [0, 0.1) is 5.41 Å². The van der Waals surface area contributed by atoms with E-state index >= 15 is 0 Å². The van der Waals surface area contributed by atoms with E-state index in [9.17, 15) is 5.11 Å². The van der Waals surface area contributed by atoms with Gasteiger partial charge in [0.05, 0.1) is 6.61 Å². The van der Waals surface area contributed by atoms with Crippen LogP contribution in [-0.4, -0.2) is 54.2 Å². The van der Waals surface area contributed by atoms with Crippen LogP contribution in [0.3, 0.4) is 0 Å². The maximum Gasteiger partial charge on any atom is 0.0503 e. The predicted octanol–water partition coefficient (Wildman–Crippen LogP) is 2.53.